The molecular formula is C8H16N2O. The summed E-state index contributed by atoms with van der Waals surface area (Å²) in [6, 6.07) is 2.19. The zero-order valence-electron chi connectivity index (χ0n) is 7.66. The minimum atomic E-state index is -0.0463. The molecule has 0 saturated carbocycles. The van der Waals surface area contributed by atoms with E-state index < -0.39 is 0 Å². The van der Waals surface area contributed by atoms with Crippen molar-refractivity contribution in [2.45, 2.75) is 13.0 Å². The molecule has 11 heavy (non-hydrogen) atoms. The molecule has 0 spiro atoms. The first-order valence-electron chi connectivity index (χ1n) is 3.68. The second-order valence-electron chi connectivity index (χ2n) is 2.97. The summed E-state index contributed by atoms with van der Waals surface area (Å²) in [5, 5.41) is 8.75. The zero-order chi connectivity index (χ0) is 8.85. The van der Waals surface area contributed by atoms with Gasteiger partial charge in [-0.05, 0) is 14.1 Å². The van der Waals surface area contributed by atoms with Crippen LogP contribution in [0, 0.1) is 17.2 Å². The highest BCUT2D eigenvalue weighted by molar-refractivity contribution is 4.92. The molecule has 0 radical (unpaired) electrons. The van der Waals surface area contributed by atoms with Crippen LogP contribution < -0.4 is 0 Å². The first kappa shape index (κ1) is 10.4. The van der Waals surface area contributed by atoms with Crippen molar-refractivity contribution in [3.8, 4) is 6.07 Å². The van der Waals surface area contributed by atoms with Gasteiger partial charge in [0.1, 0.15) is 6.04 Å². The normalized spacial score (nSPS) is 16.0. The molecule has 0 fully saturated rings. The van der Waals surface area contributed by atoms with Crippen LogP contribution in [0.25, 0.3) is 0 Å². The van der Waals surface area contributed by atoms with E-state index in [1.807, 2.05) is 25.9 Å². The molecule has 0 aromatic rings. The number of hydrogen-bond acceptors (Lipinski definition) is 3. The van der Waals surface area contributed by atoms with E-state index in [0.29, 0.717) is 6.61 Å². The molecule has 2 unspecified atom stereocenters. The Morgan fingerprint density at radius 1 is 1.55 bits per heavy atom. The minimum Gasteiger partial charge on any atom is -0.384 e. The van der Waals surface area contributed by atoms with Crippen molar-refractivity contribution in [1.82, 2.24) is 4.90 Å². The van der Waals surface area contributed by atoms with Crippen LogP contribution in [0.4, 0.5) is 0 Å². The first-order chi connectivity index (χ1) is 5.13. The van der Waals surface area contributed by atoms with E-state index in [1.54, 1.807) is 7.11 Å². The van der Waals surface area contributed by atoms with Gasteiger partial charge < -0.3 is 4.74 Å². The molecule has 0 aromatic carbocycles. The van der Waals surface area contributed by atoms with E-state index >= 15 is 0 Å². The van der Waals surface area contributed by atoms with Gasteiger partial charge in [0.25, 0.3) is 0 Å². The number of hydrogen-bond donors (Lipinski definition) is 0. The second kappa shape index (κ2) is 5.11. The van der Waals surface area contributed by atoms with E-state index in [0.717, 1.165) is 0 Å². The maximum Gasteiger partial charge on any atom is 0.102 e. The summed E-state index contributed by atoms with van der Waals surface area (Å²) in [7, 11) is 5.46. The van der Waals surface area contributed by atoms with E-state index in [9.17, 15) is 0 Å². The van der Waals surface area contributed by atoms with Crippen molar-refractivity contribution in [2.75, 3.05) is 27.8 Å². The third-order valence-corrected chi connectivity index (χ3v) is 1.66. The van der Waals surface area contributed by atoms with Crippen molar-refractivity contribution < 1.29 is 4.74 Å². The van der Waals surface area contributed by atoms with Gasteiger partial charge in [-0.15, -0.1) is 0 Å². The van der Waals surface area contributed by atoms with Crippen molar-refractivity contribution in [3.63, 3.8) is 0 Å². The SMILES string of the molecule is COCC(C)C(C#N)N(C)C. The Kier molecular flexibility index (Phi) is 4.84. The first-order valence-corrected chi connectivity index (χ1v) is 3.68. The Bertz CT molecular complexity index is 140. The molecule has 0 saturated heterocycles. The lowest BCUT2D eigenvalue weighted by Crippen LogP contribution is -2.34. The molecule has 0 aromatic heterocycles. The Hall–Kier alpha value is -0.590. The Balaban J connectivity index is 3.94. The third kappa shape index (κ3) is 3.35. The van der Waals surface area contributed by atoms with Crippen LogP contribution >= 0.6 is 0 Å². The highest BCUT2D eigenvalue weighted by Gasteiger charge is 2.17. The number of nitriles is 1. The zero-order valence-corrected chi connectivity index (χ0v) is 7.66. The quantitative estimate of drug-likeness (QED) is 0.602. The summed E-state index contributed by atoms with van der Waals surface area (Å²) in [5.74, 6) is 0.264. The van der Waals surface area contributed by atoms with E-state index in [2.05, 4.69) is 6.07 Å². The lowest BCUT2D eigenvalue weighted by molar-refractivity contribution is 0.125. The maximum atomic E-state index is 8.75. The summed E-state index contributed by atoms with van der Waals surface area (Å²) in [4.78, 5) is 1.91. The summed E-state index contributed by atoms with van der Waals surface area (Å²) in [5.41, 5.74) is 0. The van der Waals surface area contributed by atoms with Crippen LogP contribution in [0.2, 0.25) is 0 Å². The van der Waals surface area contributed by atoms with Crippen molar-refractivity contribution in [3.05, 3.63) is 0 Å². The summed E-state index contributed by atoms with van der Waals surface area (Å²) < 4.78 is 4.96. The number of nitrogens with zero attached hydrogens (tertiary/aromatic N) is 2. The smallest absolute Gasteiger partial charge is 0.102 e. The fourth-order valence-corrected chi connectivity index (χ4v) is 1.11. The molecule has 2 atom stereocenters. The molecule has 0 amide bonds. The van der Waals surface area contributed by atoms with Crippen molar-refractivity contribution in [1.29, 1.82) is 5.26 Å². The van der Waals surface area contributed by atoms with Crippen molar-refractivity contribution in [2.24, 2.45) is 5.92 Å². The van der Waals surface area contributed by atoms with Crippen LogP contribution in [0.1, 0.15) is 6.92 Å². The average molecular weight is 156 g/mol. The standard InChI is InChI=1S/C8H16N2O/c1-7(6-11-4)8(5-9)10(2)3/h7-8H,6H2,1-4H3. The molecule has 3 nitrogen and oxygen atoms in total. The van der Waals surface area contributed by atoms with Crippen LogP contribution in [0.3, 0.4) is 0 Å². The van der Waals surface area contributed by atoms with E-state index in [-0.39, 0.29) is 12.0 Å². The lowest BCUT2D eigenvalue weighted by Gasteiger charge is -2.22. The third-order valence-electron chi connectivity index (χ3n) is 1.66. The summed E-state index contributed by atoms with van der Waals surface area (Å²) in [6.45, 7) is 2.65. The number of ether oxygens (including phenoxy) is 1. The lowest BCUT2D eigenvalue weighted by atomic mass is 10.0. The predicted molar refractivity (Wildman–Crippen MR) is 44.1 cm³/mol. The van der Waals surface area contributed by atoms with Gasteiger partial charge in [-0.3, -0.25) is 4.90 Å². The van der Waals surface area contributed by atoms with Gasteiger partial charge in [0.05, 0.1) is 12.7 Å². The van der Waals surface area contributed by atoms with E-state index in [4.69, 9.17) is 10.00 Å². The van der Waals surface area contributed by atoms with E-state index in [1.165, 1.54) is 0 Å². The van der Waals surface area contributed by atoms with Gasteiger partial charge in [0.15, 0.2) is 0 Å². The summed E-state index contributed by atoms with van der Waals surface area (Å²) in [6.07, 6.45) is 0. The number of methoxy groups -OCH3 is 1. The van der Waals surface area contributed by atoms with Gasteiger partial charge in [0.2, 0.25) is 0 Å². The highest BCUT2D eigenvalue weighted by atomic mass is 16.5. The molecule has 0 bridgehead atoms. The maximum absolute atomic E-state index is 8.75. The molecule has 0 N–H and O–H groups in total. The monoisotopic (exact) mass is 156 g/mol. The van der Waals surface area contributed by atoms with Gasteiger partial charge in [-0.25, -0.2) is 0 Å². The topological polar surface area (TPSA) is 36.3 Å². The largest absolute Gasteiger partial charge is 0.384 e. The molecule has 0 aliphatic heterocycles. The van der Waals surface area contributed by atoms with Gasteiger partial charge >= 0.3 is 0 Å². The van der Waals surface area contributed by atoms with Gasteiger partial charge in [0, 0.05) is 13.0 Å². The fourth-order valence-electron chi connectivity index (χ4n) is 1.11. The van der Waals surface area contributed by atoms with Gasteiger partial charge in [-0.2, -0.15) is 5.26 Å². The average Bonchev–Trinajstić information content (AvgIpc) is 1.88. The molecular weight excluding hydrogens is 140 g/mol. The Morgan fingerprint density at radius 3 is 2.36 bits per heavy atom. The fraction of sp³-hybridized carbons (Fsp3) is 0.875. The van der Waals surface area contributed by atoms with Crippen LogP contribution in [-0.2, 0) is 4.74 Å². The van der Waals surface area contributed by atoms with Gasteiger partial charge in [-0.1, -0.05) is 6.92 Å². The van der Waals surface area contributed by atoms with Crippen LogP contribution in [-0.4, -0.2) is 38.8 Å². The number of rotatable bonds is 4. The predicted octanol–water partition coefficient (Wildman–Crippen LogP) is 0.723. The Morgan fingerprint density at radius 2 is 2.09 bits per heavy atom. The minimum absolute atomic E-state index is 0.0463. The molecule has 0 aliphatic carbocycles. The molecule has 3 heteroatoms. The molecule has 64 valence electrons. The Labute approximate surface area is 68.6 Å². The highest BCUT2D eigenvalue weighted by Crippen LogP contribution is 2.06. The molecule has 0 aliphatic rings. The van der Waals surface area contributed by atoms with Crippen LogP contribution in [0.5, 0.6) is 0 Å². The van der Waals surface area contributed by atoms with Crippen molar-refractivity contribution >= 4 is 0 Å². The summed E-state index contributed by atoms with van der Waals surface area (Å²) >= 11 is 0. The molecule has 0 heterocycles. The second-order valence-corrected chi connectivity index (χ2v) is 2.97. The molecule has 0 rings (SSSR count). The van der Waals surface area contributed by atoms with Crippen LogP contribution in [0.15, 0.2) is 0 Å².